The van der Waals surface area contributed by atoms with Crippen molar-refractivity contribution in [1.29, 1.82) is 0 Å². The molecular weight excluding hydrogens is 202 g/mol. The molecule has 2 atom stereocenters. The molecule has 0 amide bonds. The number of likely N-dealkylation sites (tertiary alicyclic amines) is 1. The molecule has 3 nitrogen and oxygen atoms in total. The van der Waals surface area contributed by atoms with E-state index in [4.69, 9.17) is 0 Å². The van der Waals surface area contributed by atoms with E-state index in [2.05, 4.69) is 17.0 Å². The van der Waals surface area contributed by atoms with Gasteiger partial charge in [0.15, 0.2) is 0 Å². The number of hydrogen-bond acceptors (Lipinski definition) is 3. The van der Waals surface area contributed by atoms with Crippen LogP contribution in [0.15, 0.2) is 30.3 Å². The van der Waals surface area contributed by atoms with E-state index in [1.165, 1.54) is 5.56 Å². The maximum atomic E-state index is 10.8. The molecule has 0 aromatic heterocycles. The molecular formula is C13H15NO2. The molecule has 16 heavy (non-hydrogen) atoms. The van der Waals surface area contributed by atoms with Crippen LogP contribution in [0.1, 0.15) is 5.56 Å². The normalized spacial score (nSPS) is 25.5. The Labute approximate surface area is 95.1 Å². The van der Waals surface area contributed by atoms with Gasteiger partial charge in [0.1, 0.15) is 12.6 Å². The minimum absolute atomic E-state index is 0.124. The lowest BCUT2D eigenvalue weighted by molar-refractivity contribution is -0.117. The first-order valence-corrected chi connectivity index (χ1v) is 5.50. The van der Waals surface area contributed by atoms with Gasteiger partial charge in [-0.1, -0.05) is 30.3 Å². The highest BCUT2D eigenvalue weighted by molar-refractivity contribution is 5.66. The van der Waals surface area contributed by atoms with Gasteiger partial charge in [-0.3, -0.25) is 4.90 Å². The fourth-order valence-corrected chi connectivity index (χ4v) is 2.20. The summed E-state index contributed by atoms with van der Waals surface area (Å²) in [4.78, 5) is 23.7. The largest absolute Gasteiger partial charge is 0.303 e. The maximum absolute atomic E-state index is 10.8. The van der Waals surface area contributed by atoms with Crippen molar-refractivity contribution in [3.8, 4) is 0 Å². The Hall–Kier alpha value is -1.48. The lowest BCUT2D eigenvalue weighted by Crippen LogP contribution is -2.20. The van der Waals surface area contributed by atoms with E-state index in [1.807, 2.05) is 18.2 Å². The predicted octanol–water partition coefficient (Wildman–Crippen LogP) is 1.13. The summed E-state index contributed by atoms with van der Waals surface area (Å²) in [5.41, 5.74) is 1.22. The van der Waals surface area contributed by atoms with Gasteiger partial charge in [0.05, 0.1) is 0 Å². The Morgan fingerprint density at radius 2 is 1.62 bits per heavy atom. The van der Waals surface area contributed by atoms with Crippen LogP contribution in [0.25, 0.3) is 0 Å². The summed E-state index contributed by atoms with van der Waals surface area (Å²) in [5.74, 6) is -0.248. The van der Waals surface area contributed by atoms with Crippen LogP contribution in [-0.4, -0.2) is 30.6 Å². The number of carbonyl (C=O) groups excluding carboxylic acids is 2. The van der Waals surface area contributed by atoms with E-state index in [0.717, 1.165) is 19.1 Å². The number of carbonyl (C=O) groups is 2. The summed E-state index contributed by atoms with van der Waals surface area (Å²) in [6.45, 7) is 2.21. The lowest BCUT2D eigenvalue weighted by Gasteiger charge is -2.14. The molecule has 0 bridgehead atoms. The Morgan fingerprint density at radius 3 is 2.12 bits per heavy atom. The first kappa shape index (κ1) is 11.0. The molecule has 1 aromatic carbocycles. The highest BCUT2D eigenvalue weighted by Crippen LogP contribution is 2.21. The van der Waals surface area contributed by atoms with Crippen LogP contribution in [0.3, 0.4) is 0 Å². The number of nitrogens with zero attached hydrogens (tertiary/aromatic N) is 1. The number of rotatable bonds is 4. The topological polar surface area (TPSA) is 37.4 Å². The van der Waals surface area contributed by atoms with E-state index in [-0.39, 0.29) is 11.8 Å². The molecule has 0 N–H and O–H groups in total. The minimum Gasteiger partial charge on any atom is -0.303 e. The van der Waals surface area contributed by atoms with Gasteiger partial charge in [-0.15, -0.1) is 0 Å². The summed E-state index contributed by atoms with van der Waals surface area (Å²) < 4.78 is 0. The summed E-state index contributed by atoms with van der Waals surface area (Å²) >= 11 is 0. The second kappa shape index (κ2) is 5.03. The number of hydrogen-bond donors (Lipinski definition) is 0. The van der Waals surface area contributed by atoms with Gasteiger partial charge >= 0.3 is 0 Å². The fraction of sp³-hybridized carbons (Fsp3) is 0.385. The smallest absolute Gasteiger partial charge is 0.125 e. The van der Waals surface area contributed by atoms with Crippen molar-refractivity contribution in [2.45, 2.75) is 6.54 Å². The molecule has 0 saturated carbocycles. The van der Waals surface area contributed by atoms with Crippen molar-refractivity contribution in [2.24, 2.45) is 11.8 Å². The summed E-state index contributed by atoms with van der Waals surface area (Å²) in [5, 5.41) is 0. The van der Waals surface area contributed by atoms with Gasteiger partial charge in [0.2, 0.25) is 0 Å². The van der Waals surface area contributed by atoms with Gasteiger partial charge in [-0.2, -0.15) is 0 Å². The van der Waals surface area contributed by atoms with Crippen LogP contribution in [0, 0.1) is 11.8 Å². The van der Waals surface area contributed by atoms with Crippen LogP contribution >= 0.6 is 0 Å². The van der Waals surface area contributed by atoms with Gasteiger partial charge in [0.25, 0.3) is 0 Å². The average molecular weight is 217 g/mol. The first-order valence-electron chi connectivity index (χ1n) is 5.50. The van der Waals surface area contributed by atoms with E-state index in [0.29, 0.717) is 13.1 Å². The maximum Gasteiger partial charge on any atom is 0.125 e. The van der Waals surface area contributed by atoms with Crippen LogP contribution in [0.2, 0.25) is 0 Å². The Morgan fingerprint density at radius 1 is 1.06 bits per heavy atom. The zero-order chi connectivity index (χ0) is 11.4. The van der Waals surface area contributed by atoms with Crippen molar-refractivity contribution in [2.75, 3.05) is 13.1 Å². The molecule has 1 aromatic rings. The third-order valence-corrected chi connectivity index (χ3v) is 3.09. The molecule has 0 spiro atoms. The molecule has 0 aliphatic carbocycles. The monoisotopic (exact) mass is 217 g/mol. The second-order valence-corrected chi connectivity index (χ2v) is 4.28. The van der Waals surface area contributed by atoms with Crippen molar-refractivity contribution in [3.63, 3.8) is 0 Å². The van der Waals surface area contributed by atoms with Gasteiger partial charge in [-0.05, 0) is 5.56 Å². The van der Waals surface area contributed by atoms with E-state index < -0.39 is 0 Å². The van der Waals surface area contributed by atoms with Crippen molar-refractivity contribution in [1.82, 2.24) is 4.90 Å². The van der Waals surface area contributed by atoms with Crippen molar-refractivity contribution < 1.29 is 9.59 Å². The standard InChI is InChI=1S/C13H15NO2/c15-9-12-7-14(8-13(12)10-16)6-11-4-2-1-3-5-11/h1-5,9-10,12-13H,6-8H2/t12-,13?/m1/s1. The van der Waals surface area contributed by atoms with Gasteiger partial charge in [0, 0.05) is 31.5 Å². The van der Waals surface area contributed by atoms with Crippen LogP contribution in [0.5, 0.6) is 0 Å². The SMILES string of the molecule is O=CC1CN(Cc2ccccc2)C[C@@H]1C=O. The molecule has 3 heteroatoms. The Balaban J connectivity index is 1.98. The Bertz CT molecular complexity index is 347. The quantitative estimate of drug-likeness (QED) is 0.709. The van der Waals surface area contributed by atoms with E-state index in [1.54, 1.807) is 0 Å². The Kier molecular flexibility index (Phi) is 3.47. The fourth-order valence-electron chi connectivity index (χ4n) is 2.20. The summed E-state index contributed by atoms with van der Waals surface area (Å²) in [6.07, 6.45) is 1.81. The van der Waals surface area contributed by atoms with E-state index >= 15 is 0 Å². The molecule has 1 fully saturated rings. The van der Waals surface area contributed by atoms with Gasteiger partial charge in [-0.25, -0.2) is 0 Å². The van der Waals surface area contributed by atoms with Crippen LogP contribution in [0.4, 0.5) is 0 Å². The van der Waals surface area contributed by atoms with Crippen molar-refractivity contribution >= 4 is 12.6 Å². The first-order chi connectivity index (χ1) is 7.83. The van der Waals surface area contributed by atoms with Gasteiger partial charge < -0.3 is 9.59 Å². The van der Waals surface area contributed by atoms with Crippen LogP contribution < -0.4 is 0 Å². The molecule has 1 unspecified atom stereocenters. The second-order valence-electron chi connectivity index (χ2n) is 4.28. The summed E-state index contributed by atoms with van der Waals surface area (Å²) in [6, 6.07) is 10.1. The molecule has 1 aliphatic rings. The molecule has 84 valence electrons. The predicted molar refractivity (Wildman–Crippen MR) is 60.8 cm³/mol. The molecule has 1 heterocycles. The van der Waals surface area contributed by atoms with Crippen molar-refractivity contribution in [3.05, 3.63) is 35.9 Å². The number of aldehydes is 2. The zero-order valence-corrected chi connectivity index (χ0v) is 9.08. The summed E-state index contributed by atoms with van der Waals surface area (Å²) in [7, 11) is 0. The van der Waals surface area contributed by atoms with E-state index in [9.17, 15) is 9.59 Å². The highest BCUT2D eigenvalue weighted by Gasteiger charge is 2.31. The average Bonchev–Trinajstić information content (AvgIpc) is 2.72. The molecule has 0 radical (unpaired) electrons. The molecule has 1 aliphatic heterocycles. The third-order valence-electron chi connectivity index (χ3n) is 3.09. The molecule has 1 saturated heterocycles. The van der Waals surface area contributed by atoms with Crippen LogP contribution in [-0.2, 0) is 16.1 Å². The third kappa shape index (κ3) is 2.36. The zero-order valence-electron chi connectivity index (χ0n) is 9.08. The highest BCUT2D eigenvalue weighted by atomic mass is 16.1. The minimum atomic E-state index is -0.124. The lowest BCUT2D eigenvalue weighted by atomic mass is 10.00. The number of benzene rings is 1. The molecule has 2 rings (SSSR count).